The SMILES string of the molecule is CN(C)CCN(Cc1ccccc1)c1ncnc2onc(-c3ccc(Cl)cc3)c12. The highest BCUT2D eigenvalue weighted by atomic mass is 35.5. The first-order valence-corrected chi connectivity index (χ1v) is 9.79. The molecule has 0 saturated heterocycles. The summed E-state index contributed by atoms with van der Waals surface area (Å²) in [5.41, 5.74) is 3.32. The molecule has 4 rings (SSSR count). The van der Waals surface area contributed by atoms with Crippen molar-refractivity contribution >= 4 is 28.5 Å². The number of anilines is 1. The lowest BCUT2D eigenvalue weighted by Crippen LogP contribution is -2.32. The summed E-state index contributed by atoms with van der Waals surface area (Å²) in [5, 5.41) is 5.77. The summed E-state index contributed by atoms with van der Waals surface area (Å²) in [7, 11) is 4.13. The fourth-order valence-electron chi connectivity index (χ4n) is 3.20. The van der Waals surface area contributed by atoms with Gasteiger partial charge in [0.25, 0.3) is 5.71 Å². The van der Waals surface area contributed by atoms with Crippen LogP contribution in [-0.2, 0) is 6.54 Å². The van der Waals surface area contributed by atoms with Crippen molar-refractivity contribution in [2.75, 3.05) is 32.1 Å². The van der Waals surface area contributed by atoms with E-state index in [1.165, 1.54) is 11.9 Å². The van der Waals surface area contributed by atoms with Gasteiger partial charge in [0.2, 0.25) is 0 Å². The zero-order chi connectivity index (χ0) is 20.2. The molecule has 0 aliphatic rings. The summed E-state index contributed by atoms with van der Waals surface area (Å²) < 4.78 is 5.53. The Kier molecular flexibility index (Phi) is 5.74. The van der Waals surface area contributed by atoms with E-state index in [1.807, 2.05) is 42.5 Å². The highest BCUT2D eigenvalue weighted by Crippen LogP contribution is 2.34. The van der Waals surface area contributed by atoms with Crippen molar-refractivity contribution in [3.63, 3.8) is 0 Å². The second kappa shape index (κ2) is 8.59. The van der Waals surface area contributed by atoms with Crippen molar-refractivity contribution in [1.29, 1.82) is 0 Å². The molecule has 0 unspecified atom stereocenters. The number of rotatable bonds is 7. The van der Waals surface area contributed by atoms with Crippen molar-refractivity contribution in [3.05, 3.63) is 71.5 Å². The van der Waals surface area contributed by atoms with E-state index in [9.17, 15) is 0 Å². The third-order valence-electron chi connectivity index (χ3n) is 4.70. The minimum Gasteiger partial charge on any atom is -0.350 e. The van der Waals surface area contributed by atoms with Crippen molar-refractivity contribution < 1.29 is 4.52 Å². The number of halogens is 1. The molecule has 2 heterocycles. The van der Waals surface area contributed by atoms with Crippen LogP contribution in [0.25, 0.3) is 22.4 Å². The zero-order valence-electron chi connectivity index (χ0n) is 16.4. The second-order valence-corrected chi connectivity index (χ2v) is 7.56. The molecule has 2 aromatic heterocycles. The van der Waals surface area contributed by atoms with Crippen molar-refractivity contribution in [3.8, 4) is 11.3 Å². The summed E-state index contributed by atoms with van der Waals surface area (Å²) in [4.78, 5) is 13.3. The summed E-state index contributed by atoms with van der Waals surface area (Å²) >= 11 is 6.05. The number of hydrogen-bond donors (Lipinski definition) is 0. The van der Waals surface area contributed by atoms with Gasteiger partial charge in [-0.1, -0.05) is 59.2 Å². The Labute approximate surface area is 174 Å². The van der Waals surface area contributed by atoms with Gasteiger partial charge in [-0.25, -0.2) is 4.98 Å². The molecule has 0 bridgehead atoms. The van der Waals surface area contributed by atoms with E-state index in [4.69, 9.17) is 16.1 Å². The van der Waals surface area contributed by atoms with E-state index in [2.05, 4.69) is 51.2 Å². The lowest BCUT2D eigenvalue weighted by atomic mass is 10.1. The van der Waals surface area contributed by atoms with E-state index in [-0.39, 0.29) is 0 Å². The molecular formula is C22H22ClN5O. The van der Waals surface area contributed by atoms with Gasteiger partial charge in [0.15, 0.2) is 0 Å². The van der Waals surface area contributed by atoms with E-state index >= 15 is 0 Å². The van der Waals surface area contributed by atoms with Crippen LogP contribution in [0.4, 0.5) is 5.82 Å². The first-order valence-electron chi connectivity index (χ1n) is 9.42. The van der Waals surface area contributed by atoms with E-state index in [0.717, 1.165) is 42.1 Å². The molecule has 0 saturated carbocycles. The largest absolute Gasteiger partial charge is 0.350 e. The van der Waals surface area contributed by atoms with E-state index in [1.54, 1.807) is 0 Å². The fraction of sp³-hybridized carbons (Fsp3) is 0.227. The van der Waals surface area contributed by atoms with Crippen LogP contribution in [0.5, 0.6) is 0 Å². The number of benzene rings is 2. The predicted molar refractivity (Wildman–Crippen MR) is 116 cm³/mol. The van der Waals surface area contributed by atoms with Crippen LogP contribution in [-0.4, -0.2) is 47.2 Å². The Hall–Kier alpha value is -2.96. The number of nitrogens with zero attached hydrogens (tertiary/aromatic N) is 5. The van der Waals surface area contributed by atoms with Crippen LogP contribution in [0.2, 0.25) is 5.02 Å². The average Bonchev–Trinajstić information content (AvgIpc) is 3.17. The maximum Gasteiger partial charge on any atom is 0.263 e. The maximum atomic E-state index is 6.05. The molecule has 7 heteroatoms. The van der Waals surface area contributed by atoms with Gasteiger partial charge in [0.05, 0.1) is 0 Å². The molecule has 29 heavy (non-hydrogen) atoms. The van der Waals surface area contributed by atoms with Gasteiger partial charge in [-0.2, -0.15) is 4.98 Å². The molecule has 0 radical (unpaired) electrons. The number of fused-ring (bicyclic) bond motifs is 1. The lowest BCUT2D eigenvalue weighted by molar-refractivity contribution is 0.412. The van der Waals surface area contributed by atoms with Gasteiger partial charge in [-0.15, -0.1) is 0 Å². The maximum absolute atomic E-state index is 6.05. The highest BCUT2D eigenvalue weighted by Gasteiger charge is 2.21. The molecule has 0 N–H and O–H groups in total. The molecule has 148 valence electrons. The Balaban J connectivity index is 1.79. The third-order valence-corrected chi connectivity index (χ3v) is 4.96. The van der Waals surface area contributed by atoms with Crippen LogP contribution < -0.4 is 4.90 Å². The first-order chi connectivity index (χ1) is 14.1. The van der Waals surface area contributed by atoms with Crippen molar-refractivity contribution in [2.24, 2.45) is 0 Å². The standard InChI is InChI=1S/C22H22ClN5O/c1-27(2)12-13-28(14-16-6-4-3-5-7-16)21-19-20(17-8-10-18(23)11-9-17)26-29-22(19)25-15-24-21/h3-11,15H,12-14H2,1-2H3. The van der Waals surface area contributed by atoms with Gasteiger partial charge >= 0.3 is 0 Å². The minimum atomic E-state index is 0.475. The molecular weight excluding hydrogens is 386 g/mol. The molecule has 6 nitrogen and oxygen atoms in total. The lowest BCUT2D eigenvalue weighted by Gasteiger charge is -2.26. The van der Waals surface area contributed by atoms with Crippen LogP contribution >= 0.6 is 11.6 Å². The highest BCUT2D eigenvalue weighted by molar-refractivity contribution is 6.30. The summed E-state index contributed by atoms with van der Waals surface area (Å²) in [6, 6.07) is 17.9. The van der Waals surface area contributed by atoms with Gasteiger partial charge in [-0.05, 0) is 31.8 Å². The van der Waals surface area contributed by atoms with Crippen LogP contribution in [0, 0.1) is 0 Å². The Morgan fingerprint density at radius 3 is 2.41 bits per heavy atom. The van der Waals surface area contributed by atoms with Gasteiger partial charge in [0.1, 0.15) is 23.2 Å². The summed E-state index contributed by atoms with van der Waals surface area (Å²) in [6.45, 7) is 2.42. The zero-order valence-corrected chi connectivity index (χ0v) is 17.2. The molecule has 0 aliphatic carbocycles. The minimum absolute atomic E-state index is 0.475. The average molecular weight is 408 g/mol. The monoisotopic (exact) mass is 407 g/mol. The molecule has 0 aliphatic heterocycles. The van der Waals surface area contributed by atoms with Crippen LogP contribution in [0.1, 0.15) is 5.56 Å². The van der Waals surface area contributed by atoms with Crippen LogP contribution in [0.3, 0.4) is 0 Å². The number of likely N-dealkylation sites (N-methyl/N-ethyl adjacent to an activating group) is 1. The van der Waals surface area contributed by atoms with Gasteiger partial charge < -0.3 is 14.3 Å². The molecule has 0 spiro atoms. The Morgan fingerprint density at radius 2 is 1.69 bits per heavy atom. The predicted octanol–water partition coefficient (Wildman–Crippen LogP) is 4.51. The summed E-state index contributed by atoms with van der Waals surface area (Å²) in [6.07, 6.45) is 1.53. The van der Waals surface area contributed by atoms with Crippen LogP contribution in [0.15, 0.2) is 65.4 Å². The van der Waals surface area contributed by atoms with E-state index in [0.29, 0.717) is 10.7 Å². The van der Waals surface area contributed by atoms with Gasteiger partial charge in [-0.3, -0.25) is 0 Å². The normalized spacial score (nSPS) is 11.3. The fourth-order valence-corrected chi connectivity index (χ4v) is 3.33. The molecule has 0 fully saturated rings. The topological polar surface area (TPSA) is 58.3 Å². The second-order valence-electron chi connectivity index (χ2n) is 7.13. The number of hydrogen-bond acceptors (Lipinski definition) is 6. The molecule has 0 amide bonds. The van der Waals surface area contributed by atoms with Crippen molar-refractivity contribution in [2.45, 2.75) is 6.54 Å². The first kappa shape index (κ1) is 19.4. The third kappa shape index (κ3) is 4.39. The smallest absolute Gasteiger partial charge is 0.263 e. The molecule has 4 aromatic rings. The molecule has 2 aromatic carbocycles. The number of aromatic nitrogens is 3. The van der Waals surface area contributed by atoms with Gasteiger partial charge in [0, 0.05) is 30.2 Å². The Bertz CT molecular complexity index is 1080. The molecule has 0 atom stereocenters. The van der Waals surface area contributed by atoms with Crippen molar-refractivity contribution in [1.82, 2.24) is 20.0 Å². The van der Waals surface area contributed by atoms with E-state index < -0.39 is 0 Å². The Morgan fingerprint density at radius 1 is 0.931 bits per heavy atom. The quantitative estimate of drug-likeness (QED) is 0.449. The summed E-state index contributed by atoms with van der Waals surface area (Å²) in [5.74, 6) is 0.812.